The molecule has 0 amide bonds. The Morgan fingerprint density at radius 2 is 2.27 bits per heavy atom. The Hall–Kier alpha value is -1.24. The van der Waals surface area contributed by atoms with Gasteiger partial charge in [0.05, 0.1) is 18.5 Å². The van der Waals surface area contributed by atoms with E-state index in [0.717, 1.165) is 5.69 Å². The normalized spacial score (nSPS) is 11.7. The number of rotatable bonds is 5. The van der Waals surface area contributed by atoms with E-state index in [2.05, 4.69) is 15.2 Å². The summed E-state index contributed by atoms with van der Waals surface area (Å²) in [6.07, 6.45) is -0.943. The van der Waals surface area contributed by atoms with Crippen molar-refractivity contribution in [3.8, 4) is 0 Å². The Morgan fingerprint density at radius 1 is 1.53 bits per heavy atom. The van der Waals surface area contributed by atoms with Crippen molar-refractivity contribution in [2.45, 2.75) is 6.18 Å². The van der Waals surface area contributed by atoms with Crippen LogP contribution in [0, 0.1) is 0 Å². The molecule has 0 spiro atoms. The molecule has 0 aliphatic rings. The highest BCUT2D eigenvalue weighted by molar-refractivity contribution is 5.37. The second-order valence-electron chi connectivity index (χ2n) is 3.00. The van der Waals surface area contributed by atoms with Crippen molar-refractivity contribution < 1.29 is 17.9 Å². The monoisotopic (exact) mass is 223 g/mol. The quantitative estimate of drug-likeness (QED) is 0.767. The minimum Gasteiger partial charge on any atom is -0.380 e. The summed E-state index contributed by atoms with van der Waals surface area (Å²) in [6.45, 7) is -0.877. The van der Waals surface area contributed by atoms with Crippen LogP contribution >= 0.6 is 0 Å². The summed E-state index contributed by atoms with van der Waals surface area (Å²) in [5.74, 6) is 0. The average molecular weight is 223 g/mol. The van der Waals surface area contributed by atoms with Crippen molar-refractivity contribution in [1.29, 1.82) is 0 Å². The maximum atomic E-state index is 11.7. The molecule has 0 aromatic carbocycles. The van der Waals surface area contributed by atoms with Gasteiger partial charge in [0.2, 0.25) is 0 Å². The van der Waals surface area contributed by atoms with Gasteiger partial charge in [-0.25, -0.2) is 0 Å². The lowest BCUT2D eigenvalue weighted by molar-refractivity contribution is -0.172. The number of hydrogen-bond acceptors (Lipinski definition) is 3. The number of nitrogens with zero attached hydrogens (tertiary/aromatic N) is 2. The van der Waals surface area contributed by atoms with E-state index in [9.17, 15) is 13.2 Å². The van der Waals surface area contributed by atoms with E-state index in [4.69, 9.17) is 0 Å². The highest BCUT2D eigenvalue weighted by Crippen LogP contribution is 2.14. The van der Waals surface area contributed by atoms with Gasteiger partial charge in [0.15, 0.2) is 0 Å². The third-order valence-corrected chi connectivity index (χ3v) is 1.55. The van der Waals surface area contributed by atoms with Crippen LogP contribution in [-0.2, 0) is 11.8 Å². The summed E-state index contributed by atoms with van der Waals surface area (Å²) in [5.41, 5.74) is 0.758. The maximum Gasteiger partial charge on any atom is 0.411 e. The number of aryl methyl sites for hydroxylation is 1. The predicted octanol–water partition coefficient (Wildman–Crippen LogP) is 1.41. The largest absolute Gasteiger partial charge is 0.411 e. The van der Waals surface area contributed by atoms with Crippen molar-refractivity contribution in [3.05, 3.63) is 12.4 Å². The molecule has 0 saturated heterocycles. The fraction of sp³-hybridized carbons (Fsp3) is 0.625. The van der Waals surface area contributed by atoms with Crippen LogP contribution in [0.2, 0.25) is 0 Å². The van der Waals surface area contributed by atoms with E-state index in [1.54, 1.807) is 24.1 Å². The van der Waals surface area contributed by atoms with E-state index in [1.807, 2.05) is 0 Å². The third kappa shape index (κ3) is 5.26. The lowest BCUT2D eigenvalue weighted by Gasteiger charge is -2.07. The predicted molar refractivity (Wildman–Crippen MR) is 48.6 cm³/mol. The Labute approximate surface area is 85.0 Å². The first-order chi connectivity index (χ1) is 6.97. The molecular weight excluding hydrogens is 211 g/mol. The molecule has 1 aromatic heterocycles. The highest BCUT2D eigenvalue weighted by Gasteiger charge is 2.27. The van der Waals surface area contributed by atoms with E-state index >= 15 is 0 Å². The van der Waals surface area contributed by atoms with Crippen molar-refractivity contribution in [2.24, 2.45) is 7.05 Å². The first kappa shape index (κ1) is 11.8. The van der Waals surface area contributed by atoms with Crippen LogP contribution in [-0.4, -0.2) is 35.7 Å². The van der Waals surface area contributed by atoms with Gasteiger partial charge < -0.3 is 10.1 Å². The molecule has 1 aromatic rings. The Morgan fingerprint density at radius 3 is 2.80 bits per heavy atom. The van der Waals surface area contributed by atoms with Crippen LogP contribution in [0.15, 0.2) is 12.4 Å². The number of aromatic nitrogens is 2. The molecular formula is C8H12F3N3O. The lowest BCUT2D eigenvalue weighted by atomic mass is 10.5. The molecule has 4 nitrogen and oxygen atoms in total. The van der Waals surface area contributed by atoms with E-state index < -0.39 is 12.8 Å². The van der Waals surface area contributed by atoms with Gasteiger partial charge in [0, 0.05) is 19.8 Å². The van der Waals surface area contributed by atoms with Gasteiger partial charge in [0.1, 0.15) is 6.61 Å². The molecule has 0 saturated carbocycles. The summed E-state index contributed by atoms with van der Waals surface area (Å²) in [7, 11) is 1.76. The van der Waals surface area contributed by atoms with Gasteiger partial charge in [-0.05, 0) is 0 Å². The van der Waals surface area contributed by atoms with Gasteiger partial charge in [-0.2, -0.15) is 18.3 Å². The first-order valence-electron chi connectivity index (χ1n) is 4.34. The van der Waals surface area contributed by atoms with Crippen LogP contribution in [0.3, 0.4) is 0 Å². The first-order valence-corrected chi connectivity index (χ1v) is 4.34. The second kappa shape index (κ2) is 5.01. The molecule has 0 atom stereocenters. The standard InChI is InChI=1S/C8H12F3N3O/c1-14-5-7(4-13-14)12-2-3-15-6-8(9,10)11/h4-5,12H,2-3,6H2,1H3. The zero-order valence-corrected chi connectivity index (χ0v) is 8.21. The van der Waals surface area contributed by atoms with Gasteiger partial charge >= 0.3 is 6.18 Å². The summed E-state index contributed by atoms with van der Waals surface area (Å²) >= 11 is 0. The van der Waals surface area contributed by atoms with Crippen molar-refractivity contribution in [3.63, 3.8) is 0 Å². The Balaban J connectivity index is 2.07. The Kier molecular flexibility index (Phi) is 3.96. The summed E-state index contributed by atoms with van der Waals surface area (Å²) < 4.78 is 41.0. The van der Waals surface area contributed by atoms with E-state index in [0.29, 0.717) is 6.54 Å². The number of anilines is 1. The van der Waals surface area contributed by atoms with E-state index in [1.165, 1.54) is 0 Å². The number of hydrogen-bond donors (Lipinski definition) is 1. The molecule has 1 heterocycles. The summed E-state index contributed by atoms with van der Waals surface area (Å²) in [5, 5.41) is 6.76. The smallest absolute Gasteiger partial charge is 0.380 e. The second-order valence-corrected chi connectivity index (χ2v) is 3.00. The van der Waals surface area contributed by atoms with Crippen molar-refractivity contribution >= 4 is 5.69 Å². The zero-order chi connectivity index (χ0) is 11.3. The molecule has 15 heavy (non-hydrogen) atoms. The molecule has 0 fully saturated rings. The molecule has 0 aliphatic carbocycles. The molecule has 86 valence electrons. The minimum atomic E-state index is -4.26. The van der Waals surface area contributed by atoms with Crippen LogP contribution in [0.5, 0.6) is 0 Å². The molecule has 0 aliphatic heterocycles. The zero-order valence-electron chi connectivity index (χ0n) is 8.21. The number of ether oxygens (including phenoxy) is 1. The molecule has 7 heteroatoms. The Bertz CT molecular complexity index is 298. The van der Waals surface area contributed by atoms with Crippen LogP contribution in [0.1, 0.15) is 0 Å². The van der Waals surface area contributed by atoms with Crippen LogP contribution in [0.4, 0.5) is 18.9 Å². The fourth-order valence-corrected chi connectivity index (χ4v) is 0.968. The highest BCUT2D eigenvalue weighted by atomic mass is 19.4. The van der Waals surface area contributed by atoms with Crippen molar-refractivity contribution in [2.75, 3.05) is 25.1 Å². The summed E-state index contributed by atoms with van der Waals surface area (Å²) in [6, 6.07) is 0. The molecule has 0 bridgehead atoms. The molecule has 1 N–H and O–H groups in total. The molecule has 0 radical (unpaired) electrons. The molecule has 1 rings (SSSR count). The van der Waals surface area contributed by atoms with Crippen LogP contribution in [0.25, 0.3) is 0 Å². The van der Waals surface area contributed by atoms with Crippen LogP contribution < -0.4 is 5.32 Å². The summed E-state index contributed by atoms with van der Waals surface area (Å²) in [4.78, 5) is 0. The number of halogens is 3. The average Bonchev–Trinajstić information content (AvgIpc) is 2.49. The van der Waals surface area contributed by atoms with E-state index in [-0.39, 0.29) is 6.61 Å². The maximum absolute atomic E-state index is 11.7. The van der Waals surface area contributed by atoms with Crippen molar-refractivity contribution in [1.82, 2.24) is 9.78 Å². The topological polar surface area (TPSA) is 39.1 Å². The van der Waals surface area contributed by atoms with Gasteiger partial charge in [-0.3, -0.25) is 4.68 Å². The third-order valence-electron chi connectivity index (χ3n) is 1.55. The number of nitrogens with one attached hydrogen (secondary N) is 1. The molecule has 0 unspecified atom stereocenters. The lowest BCUT2D eigenvalue weighted by Crippen LogP contribution is -2.20. The van der Waals surface area contributed by atoms with Gasteiger partial charge in [0.25, 0.3) is 0 Å². The number of alkyl halides is 3. The van der Waals surface area contributed by atoms with Gasteiger partial charge in [-0.1, -0.05) is 0 Å². The van der Waals surface area contributed by atoms with Gasteiger partial charge in [-0.15, -0.1) is 0 Å². The fourth-order valence-electron chi connectivity index (χ4n) is 0.968. The minimum absolute atomic E-state index is 0.00834. The SMILES string of the molecule is Cn1cc(NCCOCC(F)(F)F)cn1.